The van der Waals surface area contributed by atoms with Gasteiger partial charge in [-0.2, -0.15) is 5.10 Å². The third kappa shape index (κ3) is 0.598. The molecule has 0 aromatic carbocycles. The number of hydrogen-bond donors (Lipinski definition) is 1. The van der Waals surface area contributed by atoms with Gasteiger partial charge in [0.25, 0.3) is 0 Å². The van der Waals surface area contributed by atoms with Crippen LogP contribution in [0.5, 0.6) is 5.75 Å². The number of aromatic nitrogens is 2. The first kappa shape index (κ1) is 4.81. The topological polar surface area (TPSA) is 37.5 Å². The van der Waals surface area contributed by atoms with Crippen LogP contribution in [0.2, 0.25) is 0 Å². The predicted molar refractivity (Wildman–Crippen MR) is 34.7 cm³/mol. The first-order valence-corrected chi connectivity index (χ1v) is 3.35. The van der Waals surface area contributed by atoms with Crippen molar-refractivity contribution in [3.05, 3.63) is 17.8 Å². The molecule has 0 fully saturated rings. The quantitative estimate of drug-likeness (QED) is 0.595. The van der Waals surface area contributed by atoms with E-state index in [1.165, 1.54) is 11.3 Å². The molecule has 4 heteroatoms. The van der Waals surface area contributed by atoms with Gasteiger partial charge in [0.2, 0.25) is 0 Å². The van der Waals surface area contributed by atoms with E-state index in [0.717, 1.165) is 4.83 Å². The van der Waals surface area contributed by atoms with Gasteiger partial charge in [-0.1, -0.05) is 0 Å². The molecule has 0 amide bonds. The number of aromatic hydroxyl groups is 1. The van der Waals surface area contributed by atoms with Gasteiger partial charge in [-0.15, -0.1) is 11.3 Å². The van der Waals surface area contributed by atoms with E-state index in [1.807, 2.05) is 0 Å². The van der Waals surface area contributed by atoms with E-state index < -0.39 is 0 Å². The van der Waals surface area contributed by atoms with Crippen LogP contribution in [0.4, 0.5) is 0 Å². The summed E-state index contributed by atoms with van der Waals surface area (Å²) in [4.78, 5) is 0.965. The van der Waals surface area contributed by atoms with Crippen molar-refractivity contribution in [3.8, 4) is 5.75 Å². The maximum Gasteiger partial charge on any atom is 0.136 e. The zero-order valence-corrected chi connectivity index (χ0v) is 5.30. The number of rotatable bonds is 0. The summed E-state index contributed by atoms with van der Waals surface area (Å²) in [5, 5.41) is 12.8. The summed E-state index contributed by atoms with van der Waals surface area (Å²) in [6, 6.07) is 1.68. The van der Waals surface area contributed by atoms with Crippen molar-refractivity contribution < 1.29 is 5.11 Å². The van der Waals surface area contributed by atoms with Crippen LogP contribution in [-0.2, 0) is 0 Å². The fourth-order valence-electron chi connectivity index (χ4n) is 0.725. The van der Waals surface area contributed by atoms with E-state index in [0.29, 0.717) is 0 Å². The van der Waals surface area contributed by atoms with Crippen molar-refractivity contribution >= 4 is 16.2 Å². The monoisotopic (exact) mass is 140 g/mol. The molecule has 0 aliphatic rings. The van der Waals surface area contributed by atoms with Crippen LogP contribution < -0.4 is 0 Å². The second kappa shape index (κ2) is 1.48. The molecule has 0 aliphatic carbocycles. The highest BCUT2D eigenvalue weighted by Crippen LogP contribution is 2.17. The summed E-state index contributed by atoms with van der Waals surface area (Å²) in [7, 11) is 0. The highest BCUT2D eigenvalue weighted by atomic mass is 32.1. The second-order valence-electron chi connectivity index (χ2n) is 1.72. The summed E-state index contributed by atoms with van der Waals surface area (Å²) in [5.74, 6) is 0.273. The van der Waals surface area contributed by atoms with Crippen LogP contribution >= 0.6 is 11.3 Å². The Hall–Kier alpha value is -1.03. The molecule has 0 radical (unpaired) electrons. The minimum Gasteiger partial charge on any atom is -0.506 e. The molecule has 9 heavy (non-hydrogen) atoms. The molecule has 2 aromatic heterocycles. The van der Waals surface area contributed by atoms with Gasteiger partial charge >= 0.3 is 0 Å². The van der Waals surface area contributed by atoms with Crippen molar-refractivity contribution in [3.63, 3.8) is 0 Å². The zero-order valence-electron chi connectivity index (χ0n) is 4.48. The first-order chi connectivity index (χ1) is 4.36. The number of hydrogen-bond acceptors (Lipinski definition) is 3. The summed E-state index contributed by atoms with van der Waals surface area (Å²) >= 11 is 1.50. The summed E-state index contributed by atoms with van der Waals surface area (Å²) in [6.07, 6.45) is 1.58. The summed E-state index contributed by atoms with van der Waals surface area (Å²) in [6.45, 7) is 0. The van der Waals surface area contributed by atoms with Gasteiger partial charge in [-0.25, -0.2) is 4.52 Å². The van der Waals surface area contributed by atoms with E-state index >= 15 is 0 Å². The Morgan fingerprint density at radius 1 is 1.67 bits per heavy atom. The Kier molecular flexibility index (Phi) is 0.790. The molecule has 3 nitrogen and oxygen atoms in total. The molecule has 0 atom stereocenters. The van der Waals surface area contributed by atoms with E-state index in [2.05, 4.69) is 5.10 Å². The van der Waals surface area contributed by atoms with Crippen LogP contribution in [0.25, 0.3) is 4.83 Å². The summed E-state index contributed by atoms with van der Waals surface area (Å²) in [5.41, 5.74) is 1.73. The standard InChI is InChI=1S/C5H4N2OS/c8-4-1-5-7(2-4)6-3-9-5/h1-3,8H. The predicted octanol–water partition coefficient (Wildman–Crippen LogP) is 1.10. The fraction of sp³-hybridized carbons (Fsp3) is 0. The molecule has 0 unspecified atom stereocenters. The highest BCUT2D eigenvalue weighted by Gasteiger charge is 1.96. The van der Waals surface area contributed by atoms with Crippen molar-refractivity contribution in [2.75, 3.05) is 0 Å². The molecule has 0 spiro atoms. The lowest BCUT2D eigenvalue weighted by Gasteiger charge is -1.73. The van der Waals surface area contributed by atoms with Crippen molar-refractivity contribution in [2.45, 2.75) is 0 Å². The van der Waals surface area contributed by atoms with Gasteiger partial charge in [0, 0.05) is 6.07 Å². The van der Waals surface area contributed by atoms with Crippen LogP contribution in [0.1, 0.15) is 0 Å². The largest absolute Gasteiger partial charge is 0.506 e. The molecule has 2 rings (SSSR count). The summed E-state index contributed by atoms with van der Waals surface area (Å²) < 4.78 is 1.64. The molecular formula is C5H4N2OS. The lowest BCUT2D eigenvalue weighted by Crippen LogP contribution is -1.74. The molecule has 2 aromatic rings. The lowest BCUT2D eigenvalue weighted by atomic mass is 10.6. The average Bonchev–Trinajstić information content (AvgIpc) is 2.22. The van der Waals surface area contributed by atoms with Crippen molar-refractivity contribution in [1.29, 1.82) is 0 Å². The number of nitrogens with zero attached hydrogens (tertiary/aromatic N) is 2. The van der Waals surface area contributed by atoms with Gasteiger partial charge in [-0.3, -0.25) is 0 Å². The molecule has 0 saturated heterocycles. The fourth-order valence-corrected chi connectivity index (χ4v) is 1.38. The van der Waals surface area contributed by atoms with Crippen LogP contribution in [0.3, 0.4) is 0 Å². The Morgan fingerprint density at radius 3 is 3.33 bits per heavy atom. The lowest BCUT2D eigenvalue weighted by molar-refractivity contribution is 0.475. The van der Waals surface area contributed by atoms with E-state index in [1.54, 1.807) is 22.3 Å². The smallest absolute Gasteiger partial charge is 0.136 e. The normalized spacial score (nSPS) is 10.7. The average molecular weight is 140 g/mol. The third-order valence-electron chi connectivity index (χ3n) is 1.10. The molecule has 0 saturated carbocycles. The second-order valence-corrected chi connectivity index (χ2v) is 2.58. The molecule has 0 bridgehead atoms. The highest BCUT2D eigenvalue weighted by molar-refractivity contribution is 7.15. The Morgan fingerprint density at radius 2 is 2.56 bits per heavy atom. The Balaban J connectivity index is 2.92. The molecule has 1 N–H and O–H groups in total. The van der Waals surface area contributed by atoms with Gasteiger partial charge < -0.3 is 5.11 Å². The van der Waals surface area contributed by atoms with Crippen molar-refractivity contribution in [1.82, 2.24) is 9.61 Å². The molecule has 2 heterocycles. The minimum absolute atomic E-state index is 0.273. The van der Waals surface area contributed by atoms with Crippen LogP contribution in [-0.4, -0.2) is 14.7 Å². The maximum atomic E-state index is 8.89. The van der Waals surface area contributed by atoms with Crippen LogP contribution in [0, 0.1) is 0 Å². The maximum absolute atomic E-state index is 8.89. The molecule has 46 valence electrons. The van der Waals surface area contributed by atoms with Gasteiger partial charge in [0.1, 0.15) is 16.1 Å². The van der Waals surface area contributed by atoms with Crippen molar-refractivity contribution in [2.24, 2.45) is 0 Å². The van der Waals surface area contributed by atoms with E-state index in [9.17, 15) is 0 Å². The Bertz CT molecular complexity index is 296. The van der Waals surface area contributed by atoms with E-state index in [-0.39, 0.29) is 5.75 Å². The Labute approximate surface area is 55.2 Å². The molecule has 0 aliphatic heterocycles. The van der Waals surface area contributed by atoms with Gasteiger partial charge in [-0.05, 0) is 0 Å². The zero-order chi connectivity index (χ0) is 6.27. The van der Waals surface area contributed by atoms with Gasteiger partial charge in [0.15, 0.2) is 0 Å². The SMILES string of the molecule is Oc1cc2scnn2c1. The number of fused-ring (bicyclic) bond motifs is 1. The van der Waals surface area contributed by atoms with Crippen LogP contribution in [0.15, 0.2) is 17.8 Å². The van der Waals surface area contributed by atoms with Gasteiger partial charge in [0.05, 0.1) is 6.20 Å². The molecular weight excluding hydrogens is 136 g/mol. The minimum atomic E-state index is 0.273. The van der Waals surface area contributed by atoms with E-state index in [4.69, 9.17) is 5.11 Å². The third-order valence-corrected chi connectivity index (χ3v) is 1.84. The first-order valence-electron chi connectivity index (χ1n) is 2.47.